The number of carbonyl (C=O) groups is 1. The second-order valence-electron chi connectivity index (χ2n) is 14.5. The molecule has 0 aliphatic rings. The van der Waals surface area contributed by atoms with Gasteiger partial charge in [-0.15, -0.1) is 0 Å². The van der Waals surface area contributed by atoms with Crippen LogP contribution in [0.1, 0.15) is 104 Å². The van der Waals surface area contributed by atoms with Crippen molar-refractivity contribution < 1.29 is 18.7 Å². The Morgan fingerprint density at radius 1 is 0.681 bits per heavy atom. The average molecular weight is 633 g/mol. The number of esters is 1. The Hall–Kier alpha value is -4.38. The molecule has 0 aliphatic heterocycles. The van der Waals surface area contributed by atoms with E-state index in [0.717, 1.165) is 47.3 Å². The molecule has 4 aromatic carbocycles. The maximum Gasteiger partial charge on any atom is 0.316 e. The molecule has 1 aromatic heterocycles. The first-order chi connectivity index (χ1) is 22.2. The smallest absolute Gasteiger partial charge is 0.316 e. The van der Waals surface area contributed by atoms with E-state index < -0.39 is 10.8 Å². The van der Waals surface area contributed by atoms with Gasteiger partial charge in [0.2, 0.25) is 5.43 Å². The molecule has 5 rings (SSSR count). The van der Waals surface area contributed by atoms with E-state index in [9.17, 15) is 9.59 Å². The van der Waals surface area contributed by atoms with Gasteiger partial charge in [-0.05, 0) is 104 Å². The van der Waals surface area contributed by atoms with E-state index in [4.69, 9.17) is 13.9 Å². The number of fused-ring (bicyclic) bond motifs is 2. The molecule has 5 aromatic rings. The molecule has 1 unspecified atom stereocenters. The van der Waals surface area contributed by atoms with Crippen LogP contribution in [0.4, 0.5) is 0 Å². The van der Waals surface area contributed by atoms with E-state index in [-0.39, 0.29) is 22.9 Å². The van der Waals surface area contributed by atoms with Crippen molar-refractivity contribution in [3.63, 3.8) is 0 Å². The molecule has 1 atom stereocenters. The van der Waals surface area contributed by atoms with Gasteiger partial charge in [-0.2, -0.15) is 0 Å². The van der Waals surface area contributed by atoms with E-state index in [0.29, 0.717) is 27.7 Å². The Balaban J connectivity index is 1.45. The van der Waals surface area contributed by atoms with E-state index in [1.54, 1.807) is 0 Å². The summed E-state index contributed by atoms with van der Waals surface area (Å²) in [5, 5.41) is 1.11. The zero-order valence-corrected chi connectivity index (χ0v) is 29.3. The number of hydrogen-bond donors (Lipinski definition) is 0. The molecule has 5 nitrogen and oxygen atoms in total. The standard InChI is InChI=1S/C42H48O5/c1-10-24-40(4,5)39(44)46-33-20-14-29(15-21-33)42(8,9)31-17-23-37-35(26-31)38(43)34-25-30(16-22-36(34)47-37)41(6,7)28-12-18-32(19-13-28)45-27(3)11-2/h12-23,25-27H,10-11,24H2,1-9H3. The molecule has 0 aliphatic carbocycles. The van der Waals surface area contributed by atoms with Crippen LogP contribution >= 0.6 is 0 Å². The number of rotatable bonds is 11. The predicted octanol–water partition coefficient (Wildman–Crippen LogP) is 10.5. The van der Waals surface area contributed by atoms with Crippen LogP contribution < -0.4 is 14.9 Å². The van der Waals surface area contributed by atoms with Gasteiger partial charge in [0.15, 0.2) is 0 Å². The molecule has 0 fully saturated rings. The first kappa shape index (κ1) is 34.0. The summed E-state index contributed by atoms with van der Waals surface area (Å²) in [6, 6.07) is 27.7. The molecule has 0 saturated carbocycles. The zero-order valence-electron chi connectivity index (χ0n) is 29.3. The largest absolute Gasteiger partial charge is 0.491 e. The highest BCUT2D eigenvalue weighted by molar-refractivity contribution is 5.90. The second kappa shape index (κ2) is 13.0. The molecule has 0 amide bonds. The van der Waals surface area contributed by atoms with Crippen molar-refractivity contribution >= 4 is 27.9 Å². The number of hydrogen-bond acceptors (Lipinski definition) is 5. The molecule has 0 N–H and O–H groups in total. The Bertz CT molecular complexity index is 1940. The lowest BCUT2D eigenvalue weighted by molar-refractivity contribution is -0.144. The normalized spacial score (nSPS) is 13.1. The number of carbonyl (C=O) groups excluding carboxylic acids is 1. The highest BCUT2D eigenvalue weighted by Crippen LogP contribution is 2.37. The van der Waals surface area contributed by atoms with Gasteiger partial charge in [0, 0.05) is 10.8 Å². The van der Waals surface area contributed by atoms with Gasteiger partial charge < -0.3 is 13.9 Å². The van der Waals surface area contributed by atoms with Crippen LogP contribution in [0, 0.1) is 5.41 Å². The van der Waals surface area contributed by atoms with Gasteiger partial charge in [0.1, 0.15) is 22.7 Å². The highest BCUT2D eigenvalue weighted by Gasteiger charge is 2.30. The molecular formula is C42H48O5. The third kappa shape index (κ3) is 6.86. The van der Waals surface area contributed by atoms with Crippen LogP contribution in [-0.4, -0.2) is 12.1 Å². The molecule has 47 heavy (non-hydrogen) atoms. The zero-order chi connectivity index (χ0) is 34.1. The summed E-state index contributed by atoms with van der Waals surface area (Å²) in [5.74, 6) is 1.16. The minimum absolute atomic E-state index is 0.0502. The summed E-state index contributed by atoms with van der Waals surface area (Å²) in [6.45, 7) is 18.7. The number of benzene rings is 4. The molecule has 0 bridgehead atoms. The minimum Gasteiger partial charge on any atom is -0.491 e. The topological polar surface area (TPSA) is 65.7 Å². The Morgan fingerprint density at radius 2 is 1.13 bits per heavy atom. The third-order valence-electron chi connectivity index (χ3n) is 9.81. The molecule has 0 radical (unpaired) electrons. The van der Waals surface area contributed by atoms with Crippen LogP contribution in [0.25, 0.3) is 21.9 Å². The summed E-state index contributed by atoms with van der Waals surface area (Å²) in [7, 11) is 0. The van der Waals surface area contributed by atoms with E-state index in [1.165, 1.54) is 0 Å². The van der Waals surface area contributed by atoms with Crippen molar-refractivity contribution in [3.05, 3.63) is 117 Å². The number of ether oxygens (including phenoxy) is 2. The summed E-state index contributed by atoms with van der Waals surface area (Å²) < 4.78 is 18.0. The van der Waals surface area contributed by atoms with Gasteiger partial charge >= 0.3 is 5.97 Å². The maximum absolute atomic E-state index is 14.0. The fourth-order valence-electron chi connectivity index (χ4n) is 6.14. The summed E-state index contributed by atoms with van der Waals surface area (Å²) in [6.07, 6.45) is 2.79. The fraction of sp³-hybridized carbons (Fsp3) is 0.381. The lowest BCUT2D eigenvalue weighted by Crippen LogP contribution is -2.28. The highest BCUT2D eigenvalue weighted by atomic mass is 16.5. The SMILES string of the molecule is CCCC(C)(C)C(=O)Oc1ccc(C(C)(C)c2ccc3oc4ccc(C(C)(C)c5ccc(OC(C)CC)cc5)cc4c(=O)c3c2)cc1. The lowest BCUT2D eigenvalue weighted by Gasteiger charge is -2.27. The first-order valence-electron chi connectivity index (χ1n) is 16.8. The average Bonchev–Trinajstić information content (AvgIpc) is 3.05. The van der Waals surface area contributed by atoms with Crippen molar-refractivity contribution in [3.8, 4) is 11.5 Å². The lowest BCUT2D eigenvalue weighted by atomic mass is 9.77. The van der Waals surface area contributed by atoms with Gasteiger partial charge in [0.25, 0.3) is 0 Å². The Kier molecular flexibility index (Phi) is 9.41. The Morgan fingerprint density at radius 3 is 1.57 bits per heavy atom. The molecule has 0 saturated heterocycles. The Labute approximate surface area is 278 Å². The first-order valence-corrected chi connectivity index (χ1v) is 16.8. The minimum atomic E-state index is -0.534. The summed E-state index contributed by atoms with van der Waals surface area (Å²) in [4.78, 5) is 26.8. The predicted molar refractivity (Wildman–Crippen MR) is 192 cm³/mol. The van der Waals surface area contributed by atoms with Crippen LogP contribution in [-0.2, 0) is 15.6 Å². The van der Waals surface area contributed by atoms with E-state index >= 15 is 0 Å². The quantitative estimate of drug-likeness (QED) is 0.0823. The van der Waals surface area contributed by atoms with E-state index in [2.05, 4.69) is 60.6 Å². The van der Waals surface area contributed by atoms with Gasteiger partial charge in [0.05, 0.1) is 22.3 Å². The van der Waals surface area contributed by atoms with Crippen molar-refractivity contribution in [2.75, 3.05) is 0 Å². The summed E-state index contributed by atoms with van der Waals surface area (Å²) >= 11 is 0. The van der Waals surface area contributed by atoms with Crippen molar-refractivity contribution in [2.24, 2.45) is 5.41 Å². The monoisotopic (exact) mass is 632 g/mol. The van der Waals surface area contributed by atoms with Gasteiger partial charge in [-0.3, -0.25) is 9.59 Å². The summed E-state index contributed by atoms with van der Waals surface area (Å²) in [5.41, 5.74) is 3.96. The maximum atomic E-state index is 14.0. The molecule has 5 heteroatoms. The molecular weight excluding hydrogens is 584 g/mol. The van der Waals surface area contributed by atoms with E-state index in [1.807, 2.05) is 86.6 Å². The van der Waals surface area contributed by atoms with Crippen LogP contribution in [0.15, 0.2) is 94.1 Å². The van der Waals surface area contributed by atoms with Crippen molar-refractivity contribution in [1.29, 1.82) is 0 Å². The van der Waals surface area contributed by atoms with Crippen LogP contribution in [0.5, 0.6) is 11.5 Å². The van der Waals surface area contributed by atoms with Crippen LogP contribution in [0.3, 0.4) is 0 Å². The van der Waals surface area contributed by atoms with Crippen molar-refractivity contribution in [2.45, 2.75) is 98.5 Å². The third-order valence-corrected chi connectivity index (χ3v) is 9.81. The molecule has 246 valence electrons. The van der Waals surface area contributed by atoms with Gasteiger partial charge in [-0.1, -0.05) is 84.4 Å². The molecule has 0 spiro atoms. The fourth-order valence-corrected chi connectivity index (χ4v) is 6.14. The molecule has 1 heterocycles. The second-order valence-corrected chi connectivity index (χ2v) is 14.5. The van der Waals surface area contributed by atoms with Crippen LogP contribution in [0.2, 0.25) is 0 Å². The van der Waals surface area contributed by atoms with Crippen molar-refractivity contribution in [1.82, 2.24) is 0 Å². The van der Waals surface area contributed by atoms with Gasteiger partial charge in [-0.25, -0.2) is 0 Å².